The molecule has 0 aliphatic carbocycles. The molecule has 1 saturated heterocycles. The molecule has 8 nitrogen and oxygen atoms in total. The topological polar surface area (TPSA) is 107 Å². The first-order chi connectivity index (χ1) is 12.7. The van der Waals surface area contributed by atoms with E-state index in [1.54, 1.807) is 19.9 Å². The molecule has 1 atom stereocenters. The van der Waals surface area contributed by atoms with Gasteiger partial charge in [0, 0.05) is 31.9 Å². The lowest BCUT2D eigenvalue weighted by Gasteiger charge is -2.24. The van der Waals surface area contributed by atoms with E-state index in [0.717, 1.165) is 25.9 Å². The van der Waals surface area contributed by atoms with Gasteiger partial charge in [-0.2, -0.15) is 4.31 Å². The summed E-state index contributed by atoms with van der Waals surface area (Å²) >= 11 is 0. The van der Waals surface area contributed by atoms with E-state index in [1.807, 2.05) is 4.90 Å². The van der Waals surface area contributed by atoms with Crippen LogP contribution in [-0.2, 0) is 14.8 Å². The van der Waals surface area contributed by atoms with E-state index in [9.17, 15) is 18.0 Å². The van der Waals surface area contributed by atoms with Crippen LogP contribution in [0.25, 0.3) is 0 Å². The molecule has 1 aliphatic rings. The highest BCUT2D eigenvalue weighted by Crippen LogP contribution is 2.28. The van der Waals surface area contributed by atoms with Gasteiger partial charge in [0.1, 0.15) is 6.04 Å². The van der Waals surface area contributed by atoms with E-state index in [2.05, 4.69) is 5.32 Å². The number of carbonyl (C=O) groups excluding carboxylic acids is 1. The van der Waals surface area contributed by atoms with Gasteiger partial charge in [-0.15, -0.1) is 0 Å². The largest absolute Gasteiger partial charge is 0.480 e. The Morgan fingerprint density at radius 2 is 1.81 bits per heavy atom. The average molecular weight is 397 g/mol. The summed E-state index contributed by atoms with van der Waals surface area (Å²) in [6, 6.07) is 3.43. The van der Waals surface area contributed by atoms with Crippen molar-refractivity contribution in [3.05, 3.63) is 23.8 Å². The summed E-state index contributed by atoms with van der Waals surface area (Å²) in [5.41, 5.74) is 0.805. The predicted octanol–water partition coefficient (Wildman–Crippen LogP) is 1.52. The number of carbonyl (C=O) groups is 2. The molecular formula is C18H27N3O5S. The van der Waals surface area contributed by atoms with Gasteiger partial charge in [0.25, 0.3) is 5.91 Å². The molecule has 27 heavy (non-hydrogen) atoms. The van der Waals surface area contributed by atoms with Gasteiger partial charge in [-0.05, 0) is 38.0 Å². The highest BCUT2D eigenvalue weighted by Gasteiger charge is 2.27. The molecule has 9 heteroatoms. The van der Waals surface area contributed by atoms with Crippen LogP contribution in [-0.4, -0.2) is 61.9 Å². The molecule has 2 N–H and O–H groups in total. The Bertz CT molecular complexity index is 799. The molecule has 150 valence electrons. The number of hydrogen-bond donors (Lipinski definition) is 2. The summed E-state index contributed by atoms with van der Waals surface area (Å²) < 4.78 is 27.0. The number of carboxylic acids is 1. The number of hydrogen-bond acceptors (Lipinski definition) is 5. The van der Waals surface area contributed by atoms with Crippen molar-refractivity contribution < 1.29 is 23.1 Å². The van der Waals surface area contributed by atoms with Crippen LogP contribution in [0.1, 0.15) is 44.0 Å². The molecule has 0 unspecified atom stereocenters. The van der Waals surface area contributed by atoms with E-state index in [0.29, 0.717) is 18.8 Å². The maximum absolute atomic E-state index is 12.8. The van der Waals surface area contributed by atoms with Crippen molar-refractivity contribution in [3.8, 4) is 0 Å². The van der Waals surface area contributed by atoms with Crippen molar-refractivity contribution in [2.75, 3.05) is 31.1 Å². The molecule has 1 fully saturated rings. The standard InChI is InChI=1S/C18H27N3O5S/c1-4-21(5-2)27(25,26)14-8-9-16(20-10-6-7-11-20)15(12-14)17(22)19-13(3)18(23)24/h8-9,12-13H,4-7,10-11H2,1-3H3,(H,19,22)(H,23,24)/t13-/m0/s1. The second-order valence-electron chi connectivity index (χ2n) is 6.50. The van der Waals surface area contributed by atoms with E-state index < -0.39 is 27.9 Å². The van der Waals surface area contributed by atoms with Crippen molar-refractivity contribution in [1.82, 2.24) is 9.62 Å². The molecule has 2 rings (SSSR count). The monoisotopic (exact) mass is 397 g/mol. The lowest BCUT2D eigenvalue weighted by Crippen LogP contribution is -2.39. The van der Waals surface area contributed by atoms with Crippen molar-refractivity contribution in [1.29, 1.82) is 0 Å². The van der Waals surface area contributed by atoms with Crippen LogP contribution in [0.3, 0.4) is 0 Å². The zero-order valence-corrected chi connectivity index (χ0v) is 16.8. The number of amides is 1. The molecule has 1 aliphatic heterocycles. The molecule has 0 aromatic heterocycles. The Labute approximate surface area is 160 Å². The number of rotatable bonds is 8. The van der Waals surface area contributed by atoms with Gasteiger partial charge in [-0.3, -0.25) is 9.59 Å². The summed E-state index contributed by atoms with van der Waals surface area (Å²) in [6.07, 6.45) is 1.98. The Hall–Kier alpha value is -2.13. The fourth-order valence-electron chi connectivity index (χ4n) is 3.14. The summed E-state index contributed by atoms with van der Waals surface area (Å²) in [6.45, 7) is 7.07. The molecule has 0 saturated carbocycles. The molecule has 1 amide bonds. The highest BCUT2D eigenvalue weighted by molar-refractivity contribution is 7.89. The van der Waals surface area contributed by atoms with Gasteiger partial charge in [0.2, 0.25) is 10.0 Å². The fraction of sp³-hybridized carbons (Fsp3) is 0.556. The smallest absolute Gasteiger partial charge is 0.325 e. The average Bonchev–Trinajstić information content (AvgIpc) is 3.16. The van der Waals surface area contributed by atoms with Crippen LogP contribution in [0.5, 0.6) is 0 Å². The SMILES string of the molecule is CCN(CC)S(=O)(=O)c1ccc(N2CCCC2)c(C(=O)N[C@@H](C)C(=O)O)c1. The van der Waals surface area contributed by atoms with Crippen molar-refractivity contribution in [2.24, 2.45) is 0 Å². The van der Waals surface area contributed by atoms with Crippen molar-refractivity contribution in [3.63, 3.8) is 0 Å². The number of sulfonamides is 1. The van der Waals surface area contributed by atoms with Gasteiger partial charge >= 0.3 is 5.97 Å². The first-order valence-corrected chi connectivity index (χ1v) is 10.6. The van der Waals surface area contributed by atoms with Crippen LogP contribution in [0.2, 0.25) is 0 Å². The molecule has 0 spiro atoms. The molecule has 1 aromatic rings. The van der Waals surface area contributed by atoms with E-state index in [4.69, 9.17) is 5.11 Å². The number of nitrogens with zero attached hydrogens (tertiary/aromatic N) is 2. The fourth-order valence-corrected chi connectivity index (χ4v) is 4.62. The minimum atomic E-state index is -3.72. The Morgan fingerprint density at radius 3 is 2.33 bits per heavy atom. The van der Waals surface area contributed by atoms with Crippen LogP contribution in [0, 0.1) is 0 Å². The van der Waals surface area contributed by atoms with Gasteiger partial charge in [0.15, 0.2) is 0 Å². The van der Waals surface area contributed by atoms with E-state index >= 15 is 0 Å². The van der Waals surface area contributed by atoms with Crippen LogP contribution < -0.4 is 10.2 Å². The molecular weight excluding hydrogens is 370 g/mol. The maximum atomic E-state index is 12.8. The summed E-state index contributed by atoms with van der Waals surface area (Å²) in [5.74, 6) is -1.75. The second-order valence-corrected chi connectivity index (χ2v) is 8.43. The van der Waals surface area contributed by atoms with E-state index in [-0.39, 0.29) is 10.5 Å². The zero-order valence-electron chi connectivity index (χ0n) is 15.9. The maximum Gasteiger partial charge on any atom is 0.325 e. The number of anilines is 1. The zero-order chi connectivity index (χ0) is 20.2. The van der Waals surface area contributed by atoms with Gasteiger partial charge in [0.05, 0.1) is 10.5 Å². The predicted molar refractivity (Wildman–Crippen MR) is 103 cm³/mol. The van der Waals surface area contributed by atoms with Gasteiger partial charge in [-0.1, -0.05) is 13.8 Å². The molecule has 1 aromatic carbocycles. The second kappa shape index (κ2) is 8.71. The normalized spacial score (nSPS) is 15.8. The Kier molecular flexibility index (Phi) is 6.83. The summed E-state index contributed by atoms with van der Waals surface area (Å²) in [4.78, 5) is 25.8. The summed E-state index contributed by atoms with van der Waals surface area (Å²) in [7, 11) is -3.72. The quantitative estimate of drug-likeness (QED) is 0.689. The first kappa shape index (κ1) is 21.2. The number of carboxylic acid groups (broad SMARTS) is 1. The summed E-state index contributed by atoms with van der Waals surface area (Å²) in [5, 5.41) is 11.5. The number of aliphatic carboxylic acids is 1. The van der Waals surface area contributed by atoms with Crippen molar-refractivity contribution >= 4 is 27.6 Å². The molecule has 0 radical (unpaired) electrons. The molecule has 1 heterocycles. The highest BCUT2D eigenvalue weighted by atomic mass is 32.2. The Morgan fingerprint density at radius 1 is 1.22 bits per heavy atom. The first-order valence-electron chi connectivity index (χ1n) is 9.15. The van der Waals surface area contributed by atoms with Crippen LogP contribution >= 0.6 is 0 Å². The van der Waals surface area contributed by atoms with Crippen LogP contribution in [0.15, 0.2) is 23.1 Å². The third-order valence-electron chi connectivity index (χ3n) is 4.72. The lowest BCUT2D eigenvalue weighted by molar-refractivity contribution is -0.138. The third kappa shape index (κ3) is 4.59. The minimum absolute atomic E-state index is 0.0299. The van der Waals surface area contributed by atoms with Crippen LogP contribution in [0.4, 0.5) is 5.69 Å². The van der Waals surface area contributed by atoms with Gasteiger partial charge in [-0.25, -0.2) is 8.42 Å². The number of nitrogens with one attached hydrogen (secondary N) is 1. The lowest BCUT2D eigenvalue weighted by atomic mass is 10.1. The molecule has 0 bridgehead atoms. The minimum Gasteiger partial charge on any atom is -0.480 e. The Balaban J connectivity index is 2.49. The number of benzene rings is 1. The van der Waals surface area contributed by atoms with Gasteiger partial charge < -0.3 is 15.3 Å². The van der Waals surface area contributed by atoms with E-state index in [1.165, 1.54) is 23.4 Å². The third-order valence-corrected chi connectivity index (χ3v) is 6.77. The van der Waals surface area contributed by atoms with Crippen molar-refractivity contribution in [2.45, 2.75) is 44.6 Å².